The highest BCUT2D eigenvalue weighted by atomic mass is 16.5. The Hall–Kier alpha value is -2.79. The number of hydrogen-bond acceptors (Lipinski definition) is 4. The molecule has 0 spiro atoms. The van der Waals surface area contributed by atoms with Crippen LogP contribution in [0.4, 0.5) is 5.95 Å². The third-order valence-electron chi connectivity index (χ3n) is 5.38. The summed E-state index contributed by atoms with van der Waals surface area (Å²) in [5.41, 5.74) is 2.45. The number of aromatic nitrogens is 2. The average molecular weight is 362 g/mol. The van der Waals surface area contributed by atoms with E-state index in [-0.39, 0.29) is 0 Å². The molecule has 0 amide bonds. The fourth-order valence-electron chi connectivity index (χ4n) is 3.74. The molecule has 1 unspecified atom stereocenters. The summed E-state index contributed by atoms with van der Waals surface area (Å²) in [6.45, 7) is 6.29. The van der Waals surface area contributed by atoms with Gasteiger partial charge in [0, 0.05) is 50.7 Å². The molecule has 1 fully saturated rings. The summed E-state index contributed by atoms with van der Waals surface area (Å²) >= 11 is 0. The van der Waals surface area contributed by atoms with E-state index in [1.54, 1.807) is 7.11 Å². The second-order valence-corrected chi connectivity index (χ2v) is 6.91. The van der Waals surface area contributed by atoms with Crippen LogP contribution >= 0.6 is 0 Å². The van der Waals surface area contributed by atoms with Crippen LogP contribution < -0.4 is 9.64 Å². The van der Waals surface area contributed by atoms with E-state index in [0.29, 0.717) is 6.04 Å². The molecule has 27 heavy (non-hydrogen) atoms. The topological polar surface area (TPSA) is 33.5 Å². The van der Waals surface area contributed by atoms with Crippen molar-refractivity contribution in [2.75, 3.05) is 38.2 Å². The van der Waals surface area contributed by atoms with Gasteiger partial charge < -0.3 is 9.64 Å². The Morgan fingerprint density at radius 3 is 2.48 bits per heavy atom. The van der Waals surface area contributed by atoms with Gasteiger partial charge in [0.1, 0.15) is 5.75 Å². The molecule has 0 bridgehead atoms. The summed E-state index contributed by atoms with van der Waals surface area (Å²) < 4.78 is 7.50. The first-order valence-electron chi connectivity index (χ1n) is 9.48. The standard InChI is InChI=1S/C22H26N4O/c1-18(19-7-4-3-5-8-19)24-13-15-25(16-14-24)22-23-11-12-26(22)20-9-6-10-21(17-20)27-2/h3-12,17-18H,13-16H2,1-2H3. The molecule has 2 aromatic carbocycles. The van der Waals surface area contributed by atoms with Gasteiger partial charge in [0.25, 0.3) is 0 Å². The fraction of sp³-hybridized carbons (Fsp3) is 0.318. The summed E-state index contributed by atoms with van der Waals surface area (Å²) in [5, 5.41) is 0. The van der Waals surface area contributed by atoms with Gasteiger partial charge in [-0.3, -0.25) is 9.47 Å². The van der Waals surface area contributed by atoms with E-state index < -0.39 is 0 Å². The molecule has 1 aliphatic heterocycles. The van der Waals surface area contributed by atoms with E-state index in [2.05, 4.69) is 62.7 Å². The van der Waals surface area contributed by atoms with Crippen LogP contribution in [0.2, 0.25) is 0 Å². The van der Waals surface area contributed by atoms with Gasteiger partial charge in [0.2, 0.25) is 5.95 Å². The average Bonchev–Trinajstić information content (AvgIpc) is 3.24. The number of benzene rings is 2. The highest BCUT2D eigenvalue weighted by Crippen LogP contribution is 2.25. The highest BCUT2D eigenvalue weighted by Gasteiger charge is 2.24. The third-order valence-corrected chi connectivity index (χ3v) is 5.38. The van der Waals surface area contributed by atoms with Crippen molar-refractivity contribution in [2.24, 2.45) is 0 Å². The van der Waals surface area contributed by atoms with Crippen molar-refractivity contribution in [3.8, 4) is 11.4 Å². The first-order chi connectivity index (χ1) is 13.3. The van der Waals surface area contributed by atoms with Gasteiger partial charge in [-0.05, 0) is 24.6 Å². The van der Waals surface area contributed by atoms with Crippen LogP contribution in [0.25, 0.3) is 5.69 Å². The van der Waals surface area contributed by atoms with Gasteiger partial charge in [-0.2, -0.15) is 0 Å². The molecule has 1 aliphatic rings. The lowest BCUT2D eigenvalue weighted by molar-refractivity contribution is 0.197. The number of rotatable bonds is 5. The van der Waals surface area contributed by atoms with E-state index in [4.69, 9.17) is 4.74 Å². The third kappa shape index (κ3) is 3.69. The minimum absolute atomic E-state index is 0.437. The summed E-state index contributed by atoms with van der Waals surface area (Å²) in [7, 11) is 1.70. The van der Waals surface area contributed by atoms with Crippen molar-refractivity contribution in [2.45, 2.75) is 13.0 Å². The Morgan fingerprint density at radius 2 is 1.74 bits per heavy atom. The summed E-state index contributed by atoms with van der Waals surface area (Å²) in [4.78, 5) is 9.54. The Labute approximate surface area is 160 Å². The van der Waals surface area contributed by atoms with E-state index in [1.165, 1.54) is 5.56 Å². The maximum absolute atomic E-state index is 5.37. The van der Waals surface area contributed by atoms with Crippen LogP contribution in [0, 0.1) is 0 Å². The lowest BCUT2D eigenvalue weighted by atomic mass is 10.1. The second kappa shape index (κ2) is 7.84. The summed E-state index contributed by atoms with van der Waals surface area (Å²) in [5.74, 6) is 1.85. The maximum Gasteiger partial charge on any atom is 0.210 e. The molecule has 1 saturated heterocycles. The second-order valence-electron chi connectivity index (χ2n) is 6.91. The van der Waals surface area contributed by atoms with Crippen LogP contribution in [0.15, 0.2) is 67.0 Å². The number of imidazole rings is 1. The lowest BCUT2D eigenvalue weighted by Gasteiger charge is -2.38. The quantitative estimate of drug-likeness (QED) is 0.692. The Balaban J connectivity index is 1.47. The first kappa shape index (κ1) is 17.6. The highest BCUT2D eigenvalue weighted by molar-refractivity contribution is 5.47. The van der Waals surface area contributed by atoms with Gasteiger partial charge >= 0.3 is 0 Å². The largest absolute Gasteiger partial charge is 0.497 e. The molecule has 0 N–H and O–H groups in total. The van der Waals surface area contributed by atoms with Crippen molar-refractivity contribution >= 4 is 5.95 Å². The molecule has 0 saturated carbocycles. The minimum Gasteiger partial charge on any atom is -0.497 e. The van der Waals surface area contributed by atoms with Crippen LogP contribution in [-0.2, 0) is 0 Å². The molecule has 5 nitrogen and oxygen atoms in total. The number of methoxy groups -OCH3 is 1. The normalized spacial score (nSPS) is 16.3. The molecule has 5 heteroatoms. The van der Waals surface area contributed by atoms with Gasteiger partial charge in [0.15, 0.2) is 0 Å². The zero-order valence-corrected chi connectivity index (χ0v) is 16.0. The molecule has 3 aromatic rings. The van der Waals surface area contributed by atoms with Crippen molar-refractivity contribution < 1.29 is 4.74 Å². The summed E-state index contributed by atoms with van der Waals surface area (Å²) in [6.07, 6.45) is 3.89. The van der Waals surface area contributed by atoms with E-state index in [9.17, 15) is 0 Å². The van der Waals surface area contributed by atoms with E-state index in [0.717, 1.165) is 43.6 Å². The number of piperazine rings is 1. The molecular weight excluding hydrogens is 336 g/mol. The number of ether oxygens (including phenoxy) is 1. The van der Waals surface area contributed by atoms with Crippen molar-refractivity contribution in [1.82, 2.24) is 14.5 Å². The lowest BCUT2D eigenvalue weighted by Crippen LogP contribution is -2.47. The molecule has 4 rings (SSSR count). The summed E-state index contributed by atoms with van der Waals surface area (Å²) in [6, 6.07) is 19.3. The van der Waals surface area contributed by atoms with E-state index in [1.807, 2.05) is 30.6 Å². The van der Waals surface area contributed by atoms with Crippen molar-refractivity contribution in [3.63, 3.8) is 0 Å². The van der Waals surface area contributed by atoms with E-state index >= 15 is 0 Å². The molecular formula is C22H26N4O. The zero-order valence-electron chi connectivity index (χ0n) is 16.0. The molecule has 0 radical (unpaired) electrons. The Morgan fingerprint density at radius 1 is 0.963 bits per heavy atom. The number of nitrogens with zero attached hydrogens (tertiary/aromatic N) is 4. The zero-order chi connectivity index (χ0) is 18.6. The Kier molecular flexibility index (Phi) is 5.12. The molecule has 140 valence electrons. The smallest absolute Gasteiger partial charge is 0.210 e. The SMILES string of the molecule is COc1cccc(-n2ccnc2N2CCN(C(C)c3ccccc3)CC2)c1. The van der Waals surface area contributed by atoms with Gasteiger partial charge in [-0.15, -0.1) is 0 Å². The van der Waals surface area contributed by atoms with Crippen molar-refractivity contribution in [1.29, 1.82) is 0 Å². The minimum atomic E-state index is 0.437. The van der Waals surface area contributed by atoms with Crippen molar-refractivity contribution in [3.05, 3.63) is 72.6 Å². The maximum atomic E-state index is 5.37. The Bertz CT molecular complexity index is 869. The number of anilines is 1. The van der Waals surface area contributed by atoms with Gasteiger partial charge in [-0.25, -0.2) is 4.98 Å². The molecule has 2 heterocycles. The van der Waals surface area contributed by atoms with Crippen LogP contribution in [-0.4, -0.2) is 47.7 Å². The predicted molar refractivity (Wildman–Crippen MR) is 109 cm³/mol. The molecule has 1 aromatic heterocycles. The molecule has 1 atom stereocenters. The van der Waals surface area contributed by atoms with Crippen LogP contribution in [0.3, 0.4) is 0 Å². The molecule has 0 aliphatic carbocycles. The fourth-order valence-corrected chi connectivity index (χ4v) is 3.74. The van der Waals surface area contributed by atoms with Crippen LogP contribution in [0.5, 0.6) is 5.75 Å². The monoisotopic (exact) mass is 362 g/mol. The number of hydrogen-bond donors (Lipinski definition) is 0. The van der Waals surface area contributed by atoms with Crippen LogP contribution in [0.1, 0.15) is 18.5 Å². The predicted octanol–water partition coefficient (Wildman–Crippen LogP) is 3.76. The van der Waals surface area contributed by atoms with Gasteiger partial charge in [0.05, 0.1) is 12.8 Å². The van der Waals surface area contributed by atoms with Gasteiger partial charge in [-0.1, -0.05) is 36.4 Å². The first-order valence-corrected chi connectivity index (χ1v) is 9.48.